The van der Waals surface area contributed by atoms with E-state index >= 15 is 0 Å². The standard InChI is InChI=1S/C21H18N4O3S/c1-26-11-3-6-13(7-4-11)29-19-14-9-12(27-2)5-8-16(14)28-21-17(19)18(23)15(10-22)20(24)25-21/h3-9,19H,1-2H3,(H4,23,24,25). The second-order valence-electron chi connectivity index (χ2n) is 6.30. The predicted octanol–water partition coefficient (Wildman–Crippen LogP) is 4.12. The number of ether oxygens (including phenoxy) is 3. The molecule has 7 nitrogen and oxygen atoms in total. The molecule has 0 saturated carbocycles. The van der Waals surface area contributed by atoms with Crippen LogP contribution in [0.1, 0.15) is 21.9 Å². The van der Waals surface area contributed by atoms with Crippen molar-refractivity contribution in [1.82, 2.24) is 4.98 Å². The molecule has 0 spiro atoms. The molecule has 0 saturated heterocycles. The lowest BCUT2D eigenvalue weighted by Crippen LogP contribution is -2.15. The van der Waals surface area contributed by atoms with Crippen molar-refractivity contribution >= 4 is 23.3 Å². The first kappa shape index (κ1) is 18.8. The normalized spacial score (nSPS) is 14.2. The highest BCUT2D eigenvalue weighted by Gasteiger charge is 2.34. The highest BCUT2D eigenvalue weighted by molar-refractivity contribution is 7.99. The summed E-state index contributed by atoms with van der Waals surface area (Å²) in [7, 11) is 3.23. The van der Waals surface area contributed by atoms with Crippen molar-refractivity contribution in [1.29, 1.82) is 5.26 Å². The van der Waals surface area contributed by atoms with E-state index in [0.29, 0.717) is 22.9 Å². The number of nitrogens with two attached hydrogens (primary N) is 2. The number of benzene rings is 2. The topological polar surface area (TPSA) is 116 Å². The summed E-state index contributed by atoms with van der Waals surface area (Å²) in [5, 5.41) is 9.21. The molecule has 146 valence electrons. The second-order valence-corrected chi connectivity index (χ2v) is 7.47. The molecule has 1 aromatic heterocycles. The maximum atomic E-state index is 9.48. The van der Waals surface area contributed by atoms with E-state index in [9.17, 15) is 5.26 Å². The lowest BCUT2D eigenvalue weighted by molar-refractivity contribution is 0.408. The summed E-state index contributed by atoms with van der Waals surface area (Å²) < 4.78 is 16.6. The van der Waals surface area contributed by atoms with E-state index in [1.165, 1.54) is 0 Å². The number of hydrogen-bond donors (Lipinski definition) is 2. The monoisotopic (exact) mass is 406 g/mol. The van der Waals surface area contributed by atoms with Crippen LogP contribution in [-0.2, 0) is 0 Å². The fourth-order valence-electron chi connectivity index (χ4n) is 3.19. The van der Waals surface area contributed by atoms with Gasteiger partial charge in [0.1, 0.15) is 34.7 Å². The highest BCUT2D eigenvalue weighted by Crippen LogP contribution is 2.54. The van der Waals surface area contributed by atoms with E-state index in [-0.39, 0.29) is 22.3 Å². The number of pyridine rings is 1. The van der Waals surface area contributed by atoms with E-state index in [1.54, 1.807) is 26.0 Å². The summed E-state index contributed by atoms with van der Waals surface area (Å²) in [6.07, 6.45) is 0. The molecular weight excluding hydrogens is 388 g/mol. The van der Waals surface area contributed by atoms with Gasteiger partial charge in [0, 0.05) is 10.5 Å². The first-order valence-corrected chi connectivity index (χ1v) is 9.59. The zero-order valence-electron chi connectivity index (χ0n) is 15.8. The van der Waals surface area contributed by atoms with E-state index in [0.717, 1.165) is 16.2 Å². The third-order valence-electron chi connectivity index (χ3n) is 4.66. The van der Waals surface area contributed by atoms with Gasteiger partial charge in [-0.3, -0.25) is 0 Å². The molecule has 1 aliphatic rings. The molecular formula is C21H18N4O3S. The van der Waals surface area contributed by atoms with Crippen LogP contribution in [0.2, 0.25) is 0 Å². The Bertz CT molecular complexity index is 1130. The van der Waals surface area contributed by atoms with Crippen LogP contribution >= 0.6 is 11.8 Å². The van der Waals surface area contributed by atoms with Crippen molar-refractivity contribution < 1.29 is 14.2 Å². The number of aromatic nitrogens is 1. The van der Waals surface area contributed by atoms with Crippen LogP contribution in [0.3, 0.4) is 0 Å². The average Bonchev–Trinajstić information content (AvgIpc) is 2.74. The maximum absolute atomic E-state index is 9.48. The largest absolute Gasteiger partial charge is 0.497 e. The molecule has 0 fully saturated rings. The molecule has 4 rings (SSSR count). The van der Waals surface area contributed by atoms with Crippen LogP contribution in [0.15, 0.2) is 47.4 Å². The Morgan fingerprint density at radius 1 is 1.07 bits per heavy atom. The van der Waals surface area contributed by atoms with E-state index < -0.39 is 0 Å². The number of nitrogens with zero attached hydrogens (tertiary/aromatic N) is 2. The zero-order chi connectivity index (χ0) is 20.5. The molecule has 29 heavy (non-hydrogen) atoms. The van der Waals surface area contributed by atoms with Crippen molar-refractivity contribution in [2.24, 2.45) is 0 Å². The number of rotatable bonds is 4. The van der Waals surface area contributed by atoms with Crippen LogP contribution < -0.4 is 25.7 Å². The second kappa shape index (κ2) is 7.45. The lowest BCUT2D eigenvalue weighted by atomic mass is 9.98. The first-order chi connectivity index (χ1) is 14.0. The number of anilines is 2. The summed E-state index contributed by atoms with van der Waals surface area (Å²) >= 11 is 1.57. The Morgan fingerprint density at radius 3 is 2.41 bits per heavy atom. The molecule has 1 atom stereocenters. The van der Waals surface area contributed by atoms with Gasteiger partial charge in [0.05, 0.1) is 30.7 Å². The number of fused-ring (bicyclic) bond motifs is 2. The molecule has 2 heterocycles. The minimum absolute atomic E-state index is 0.0499. The average molecular weight is 406 g/mol. The Balaban J connectivity index is 1.88. The van der Waals surface area contributed by atoms with E-state index in [4.69, 9.17) is 25.7 Å². The number of hydrogen-bond acceptors (Lipinski definition) is 8. The molecule has 1 unspecified atom stereocenters. The van der Waals surface area contributed by atoms with Crippen molar-refractivity contribution in [3.05, 3.63) is 59.2 Å². The summed E-state index contributed by atoms with van der Waals surface area (Å²) in [4.78, 5) is 5.29. The quantitative estimate of drug-likeness (QED) is 0.664. The van der Waals surface area contributed by atoms with Gasteiger partial charge in [-0.1, -0.05) is 0 Å². The minimum atomic E-state index is -0.266. The van der Waals surface area contributed by atoms with Gasteiger partial charge in [0.15, 0.2) is 0 Å². The predicted molar refractivity (Wildman–Crippen MR) is 112 cm³/mol. The summed E-state index contributed by atoms with van der Waals surface area (Å²) in [6.45, 7) is 0. The third kappa shape index (κ3) is 3.26. The van der Waals surface area contributed by atoms with Crippen LogP contribution in [-0.4, -0.2) is 19.2 Å². The maximum Gasteiger partial charge on any atom is 0.228 e. The van der Waals surface area contributed by atoms with Crippen LogP contribution in [0.25, 0.3) is 0 Å². The molecule has 0 aliphatic carbocycles. The van der Waals surface area contributed by atoms with Crippen molar-refractivity contribution in [3.63, 3.8) is 0 Å². The molecule has 2 aromatic carbocycles. The Hall–Kier alpha value is -3.57. The molecule has 3 aromatic rings. The van der Waals surface area contributed by atoms with Crippen LogP contribution in [0, 0.1) is 11.3 Å². The number of thioether (sulfide) groups is 1. The molecule has 0 bridgehead atoms. The van der Waals surface area contributed by atoms with Gasteiger partial charge >= 0.3 is 0 Å². The van der Waals surface area contributed by atoms with Gasteiger partial charge in [-0.15, -0.1) is 11.8 Å². The van der Waals surface area contributed by atoms with Crippen LogP contribution in [0.5, 0.6) is 23.1 Å². The van der Waals surface area contributed by atoms with E-state index in [2.05, 4.69) is 4.98 Å². The lowest BCUT2D eigenvalue weighted by Gasteiger charge is -2.29. The van der Waals surface area contributed by atoms with E-state index in [1.807, 2.05) is 48.5 Å². The van der Waals surface area contributed by atoms with Gasteiger partial charge in [0.2, 0.25) is 5.88 Å². The van der Waals surface area contributed by atoms with Gasteiger partial charge in [-0.05, 0) is 42.5 Å². The van der Waals surface area contributed by atoms with Gasteiger partial charge in [-0.2, -0.15) is 10.2 Å². The van der Waals surface area contributed by atoms with Gasteiger partial charge in [0.25, 0.3) is 0 Å². The smallest absolute Gasteiger partial charge is 0.228 e. The van der Waals surface area contributed by atoms with Gasteiger partial charge < -0.3 is 25.7 Å². The molecule has 0 amide bonds. The fourth-order valence-corrected chi connectivity index (χ4v) is 4.41. The van der Waals surface area contributed by atoms with Crippen molar-refractivity contribution in [3.8, 4) is 29.2 Å². The van der Waals surface area contributed by atoms with Crippen molar-refractivity contribution in [2.45, 2.75) is 10.1 Å². The number of nitrogen functional groups attached to an aromatic ring is 2. The first-order valence-electron chi connectivity index (χ1n) is 8.71. The number of nitriles is 1. The van der Waals surface area contributed by atoms with Gasteiger partial charge in [-0.25, -0.2) is 0 Å². The molecule has 0 radical (unpaired) electrons. The number of methoxy groups -OCH3 is 2. The molecule has 8 heteroatoms. The Kier molecular flexibility index (Phi) is 4.82. The zero-order valence-corrected chi connectivity index (χ0v) is 16.6. The minimum Gasteiger partial charge on any atom is -0.497 e. The third-order valence-corrected chi connectivity index (χ3v) is 5.93. The fraction of sp³-hybridized carbons (Fsp3) is 0.143. The van der Waals surface area contributed by atoms with Crippen LogP contribution in [0.4, 0.5) is 11.5 Å². The van der Waals surface area contributed by atoms with Crippen molar-refractivity contribution in [2.75, 3.05) is 25.7 Å². The molecule has 4 N–H and O–H groups in total. The molecule has 1 aliphatic heterocycles. The summed E-state index contributed by atoms with van der Waals surface area (Å²) in [6, 6.07) is 15.3. The summed E-state index contributed by atoms with van der Waals surface area (Å²) in [5.74, 6) is 2.46. The Labute approximate surface area is 172 Å². The SMILES string of the molecule is COc1ccc(SC2c3cc(OC)ccc3Oc3nc(N)c(C#N)c(N)c32)cc1. The Morgan fingerprint density at radius 2 is 1.76 bits per heavy atom. The highest BCUT2D eigenvalue weighted by atomic mass is 32.2. The summed E-state index contributed by atoms with van der Waals surface area (Å²) in [5.41, 5.74) is 14.2.